The van der Waals surface area contributed by atoms with Crippen LogP contribution in [0, 0.1) is 5.92 Å². The minimum atomic E-state index is -0.459. The van der Waals surface area contributed by atoms with Crippen molar-refractivity contribution in [2.75, 3.05) is 6.61 Å². The Balaban J connectivity index is 1.86. The first-order valence-electron chi connectivity index (χ1n) is 7.16. The third kappa shape index (κ3) is 2.08. The molecule has 1 aromatic carbocycles. The van der Waals surface area contributed by atoms with Crippen LogP contribution in [0.4, 0.5) is 0 Å². The van der Waals surface area contributed by atoms with Gasteiger partial charge in [-0.05, 0) is 42.2 Å². The molecule has 3 atom stereocenters. The molecule has 1 saturated heterocycles. The van der Waals surface area contributed by atoms with Crippen molar-refractivity contribution in [2.45, 2.75) is 50.7 Å². The normalized spacial score (nSPS) is 30.1. The van der Waals surface area contributed by atoms with Crippen molar-refractivity contribution >= 4 is 0 Å². The number of hydrogen-bond acceptors (Lipinski definition) is 2. The summed E-state index contributed by atoms with van der Waals surface area (Å²) in [7, 11) is 0. The number of benzene rings is 1. The SMILES string of the molecule is CC1CCOC1C(O)c1ccccc1C1CCC1. The molecule has 3 unspecified atom stereocenters. The van der Waals surface area contributed by atoms with Gasteiger partial charge in [-0.2, -0.15) is 0 Å². The zero-order valence-electron chi connectivity index (χ0n) is 11.0. The van der Waals surface area contributed by atoms with Gasteiger partial charge in [0.1, 0.15) is 6.10 Å². The lowest BCUT2D eigenvalue weighted by Crippen LogP contribution is -2.25. The van der Waals surface area contributed by atoms with E-state index in [2.05, 4.69) is 25.1 Å². The van der Waals surface area contributed by atoms with Crippen molar-refractivity contribution in [3.8, 4) is 0 Å². The molecule has 2 nitrogen and oxygen atoms in total. The summed E-state index contributed by atoms with van der Waals surface area (Å²) >= 11 is 0. The molecule has 2 heteroatoms. The number of rotatable bonds is 3. The van der Waals surface area contributed by atoms with Crippen molar-refractivity contribution in [2.24, 2.45) is 5.92 Å². The molecule has 0 spiro atoms. The van der Waals surface area contributed by atoms with E-state index in [9.17, 15) is 5.11 Å². The van der Waals surface area contributed by atoms with Crippen molar-refractivity contribution in [1.82, 2.24) is 0 Å². The van der Waals surface area contributed by atoms with Gasteiger partial charge in [-0.3, -0.25) is 0 Å². The van der Waals surface area contributed by atoms with Gasteiger partial charge in [0.25, 0.3) is 0 Å². The van der Waals surface area contributed by atoms with Gasteiger partial charge in [0.15, 0.2) is 0 Å². The molecule has 1 aliphatic carbocycles. The Bertz CT molecular complexity index is 411. The molecular formula is C16H22O2. The van der Waals surface area contributed by atoms with E-state index in [0.29, 0.717) is 11.8 Å². The summed E-state index contributed by atoms with van der Waals surface area (Å²) in [4.78, 5) is 0. The smallest absolute Gasteiger partial charge is 0.106 e. The second kappa shape index (κ2) is 5.02. The molecule has 1 aliphatic heterocycles. The predicted octanol–water partition coefficient (Wildman–Crippen LogP) is 3.41. The van der Waals surface area contributed by atoms with E-state index in [1.807, 2.05) is 6.07 Å². The number of ether oxygens (including phenoxy) is 1. The highest BCUT2D eigenvalue weighted by atomic mass is 16.5. The van der Waals surface area contributed by atoms with Gasteiger partial charge in [-0.15, -0.1) is 0 Å². The number of aliphatic hydroxyl groups is 1. The van der Waals surface area contributed by atoms with E-state index in [1.54, 1.807) is 0 Å². The van der Waals surface area contributed by atoms with Crippen LogP contribution in [0.25, 0.3) is 0 Å². The highest BCUT2D eigenvalue weighted by Crippen LogP contribution is 2.41. The van der Waals surface area contributed by atoms with Crippen molar-refractivity contribution in [1.29, 1.82) is 0 Å². The van der Waals surface area contributed by atoms with Crippen molar-refractivity contribution in [3.05, 3.63) is 35.4 Å². The molecule has 98 valence electrons. The quantitative estimate of drug-likeness (QED) is 0.885. The Kier molecular flexibility index (Phi) is 3.40. The first kappa shape index (κ1) is 12.2. The molecule has 1 saturated carbocycles. The van der Waals surface area contributed by atoms with E-state index in [0.717, 1.165) is 18.6 Å². The van der Waals surface area contributed by atoms with Gasteiger partial charge < -0.3 is 9.84 Å². The number of aliphatic hydroxyl groups excluding tert-OH is 1. The van der Waals surface area contributed by atoms with Crippen molar-refractivity contribution in [3.63, 3.8) is 0 Å². The van der Waals surface area contributed by atoms with Crippen LogP contribution in [0.15, 0.2) is 24.3 Å². The lowest BCUT2D eigenvalue weighted by Gasteiger charge is -2.31. The lowest BCUT2D eigenvalue weighted by atomic mass is 9.76. The molecule has 3 rings (SSSR count). The Labute approximate surface area is 109 Å². The summed E-state index contributed by atoms with van der Waals surface area (Å²) in [5.41, 5.74) is 2.44. The molecule has 0 aromatic heterocycles. The maximum Gasteiger partial charge on any atom is 0.106 e. The summed E-state index contributed by atoms with van der Waals surface area (Å²) in [5, 5.41) is 10.6. The first-order valence-corrected chi connectivity index (χ1v) is 7.16. The standard InChI is InChI=1S/C16H22O2/c1-11-9-10-18-16(11)15(17)14-8-3-2-7-13(14)12-5-4-6-12/h2-3,7-8,11-12,15-17H,4-6,9-10H2,1H3. The van der Waals surface area contributed by atoms with Gasteiger partial charge in [-0.25, -0.2) is 0 Å². The van der Waals surface area contributed by atoms with Crippen LogP contribution in [-0.2, 0) is 4.74 Å². The molecule has 18 heavy (non-hydrogen) atoms. The lowest BCUT2D eigenvalue weighted by molar-refractivity contribution is -0.0185. The van der Waals surface area contributed by atoms with Gasteiger partial charge >= 0.3 is 0 Å². The Morgan fingerprint density at radius 1 is 1.22 bits per heavy atom. The first-order chi connectivity index (χ1) is 8.77. The van der Waals surface area contributed by atoms with Crippen molar-refractivity contribution < 1.29 is 9.84 Å². The maximum absolute atomic E-state index is 10.6. The van der Waals surface area contributed by atoms with Crippen LogP contribution < -0.4 is 0 Å². The molecule has 0 amide bonds. The molecule has 1 N–H and O–H groups in total. The summed E-state index contributed by atoms with van der Waals surface area (Å²) in [6.07, 6.45) is 4.44. The van der Waals surface area contributed by atoms with Gasteiger partial charge in [0.2, 0.25) is 0 Å². The van der Waals surface area contributed by atoms with Gasteiger partial charge in [0.05, 0.1) is 6.10 Å². The van der Waals surface area contributed by atoms with Crippen LogP contribution in [0.3, 0.4) is 0 Å². The molecule has 1 heterocycles. The Morgan fingerprint density at radius 2 is 2.00 bits per heavy atom. The predicted molar refractivity (Wildman–Crippen MR) is 71.5 cm³/mol. The van der Waals surface area contributed by atoms with E-state index < -0.39 is 6.10 Å². The minimum Gasteiger partial charge on any atom is -0.386 e. The van der Waals surface area contributed by atoms with Crippen LogP contribution >= 0.6 is 0 Å². The fourth-order valence-electron chi connectivity index (χ4n) is 3.17. The second-order valence-corrected chi connectivity index (χ2v) is 5.80. The van der Waals surface area contributed by atoms with Gasteiger partial charge in [-0.1, -0.05) is 37.6 Å². The minimum absolute atomic E-state index is 0.0220. The number of hydrogen-bond donors (Lipinski definition) is 1. The fourth-order valence-corrected chi connectivity index (χ4v) is 3.17. The monoisotopic (exact) mass is 246 g/mol. The van der Waals surface area contributed by atoms with E-state index in [1.165, 1.54) is 24.8 Å². The third-order valence-corrected chi connectivity index (χ3v) is 4.62. The van der Waals surface area contributed by atoms with E-state index in [4.69, 9.17) is 4.74 Å². The second-order valence-electron chi connectivity index (χ2n) is 5.80. The van der Waals surface area contributed by atoms with Gasteiger partial charge in [0, 0.05) is 6.61 Å². The molecular weight excluding hydrogens is 224 g/mol. The highest BCUT2D eigenvalue weighted by Gasteiger charge is 2.34. The summed E-state index contributed by atoms with van der Waals surface area (Å²) in [5.74, 6) is 1.11. The topological polar surface area (TPSA) is 29.5 Å². The Morgan fingerprint density at radius 3 is 2.61 bits per heavy atom. The molecule has 0 bridgehead atoms. The van der Waals surface area contributed by atoms with Crippen LogP contribution in [0.1, 0.15) is 55.8 Å². The Hall–Kier alpha value is -0.860. The fraction of sp³-hybridized carbons (Fsp3) is 0.625. The average Bonchev–Trinajstić information content (AvgIpc) is 2.73. The summed E-state index contributed by atoms with van der Waals surface area (Å²) in [6, 6.07) is 8.37. The highest BCUT2D eigenvalue weighted by molar-refractivity contribution is 5.34. The summed E-state index contributed by atoms with van der Waals surface area (Å²) < 4.78 is 5.72. The molecule has 2 aliphatic rings. The maximum atomic E-state index is 10.6. The largest absolute Gasteiger partial charge is 0.386 e. The van der Waals surface area contributed by atoms with Crippen LogP contribution in [-0.4, -0.2) is 17.8 Å². The zero-order chi connectivity index (χ0) is 12.5. The zero-order valence-corrected chi connectivity index (χ0v) is 11.0. The van der Waals surface area contributed by atoms with E-state index in [-0.39, 0.29) is 6.10 Å². The summed E-state index contributed by atoms with van der Waals surface area (Å²) in [6.45, 7) is 2.96. The van der Waals surface area contributed by atoms with Crippen LogP contribution in [0.5, 0.6) is 0 Å². The molecule has 2 fully saturated rings. The van der Waals surface area contributed by atoms with E-state index >= 15 is 0 Å². The average molecular weight is 246 g/mol. The van der Waals surface area contributed by atoms with Crippen LogP contribution in [0.2, 0.25) is 0 Å². The molecule has 0 radical (unpaired) electrons. The molecule has 1 aromatic rings. The third-order valence-electron chi connectivity index (χ3n) is 4.62.